The largest absolute Gasteiger partial charge is 0.481 e. The van der Waals surface area contributed by atoms with Gasteiger partial charge in [-0.3, -0.25) is 4.79 Å². The molecular formula is C12H19N3O2. The number of aromatic nitrogens is 2. The minimum atomic E-state index is -0.101. The van der Waals surface area contributed by atoms with Crippen LogP contribution in [0.15, 0.2) is 6.07 Å². The highest BCUT2D eigenvalue weighted by Crippen LogP contribution is 2.18. The Balaban J connectivity index is 1.98. The number of hydrogen-bond acceptors (Lipinski definition) is 3. The van der Waals surface area contributed by atoms with Gasteiger partial charge < -0.3 is 10.1 Å². The van der Waals surface area contributed by atoms with Gasteiger partial charge in [-0.05, 0) is 12.8 Å². The highest BCUT2D eigenvalue weighted by atomic mass is 16.5. The van der Waals surface area contributed by atoms with Crippen LogP contribution in [0.2, 0.25) is 0 Å². The van der Waals surface area contributed by atoms with Crippen LogP contribution in [0.25, 0.3) is 0 Å². The molecule has 1 saturated carbocycles. The number of ether oxygens (including phenoxy) is 1. The third-order valence-electron chi connectivity index (χ3n) is 3.22. The Morgan fingerprint density at radius 1 is 1.47 bits per heavy atom. The maximum atomic E-state index is 12.0. The molecule has 1 aromatic rings. The number of nitrogens with zero attached hydrogens (tertiary/aromatic N) is 2. The number of hydrogen-bond donors (Lipinski definition) is 1. The van der Waals surface area contributed by atoms with Crippen LogP contribution in [-0.2, 0) is 7.05 Å². The van der Waals surface area contributed by atoms with Crippen molar-refractivity contribution in [3.63, 3.8) is 0 Å². The standard InChI is InChI=1S/C12H19N3O2/c1-15-11(17-2)8-10(14-15)12(16)13-9-6-4-3-5-7-9/h8-9H,3-7H2,1-2H3,(H,13,16). The smallest absolute Gasteiger partial charge is 0.272 e. The number of rotatable bonds is 3. The zero-order valence-electron chi connectivity index (χ0n) is 10.4. The topological polar surface area (TPSA) is 56.1 Å². The first-order chi connectivity index (χ1) is 8.20. The minimum Gasteiger partial charge on any atom is -0.481 e. The van der Waals surface area contributed by atoms with Crippen LogP contribution in [0.4, 0.5) is 0 Å². The molecule has 0 radical (unpaired) electrons. The van der Waals surface area contributed by atoms with E-state index in [9.17, 15) is 4.79 Å². The first kappa shape index (κ1) is 12.0. The molecule has 0 spiro atoms. The van der Waals surface area contributed by atoms with E-state index in [2.05, 4.69) is 10.4 Å². The average molecular weight is 237 g/mol. The van der Waals surface area contributed by atoms with E-state index in [4.69, 9.17) is 4.74 Å². The van der Waals surface area contributed by atoms with Gasteiger partial charge >= 0.3 is 0 Å². The molecule has 0 bridgehead atoms. The normalized spacial score (nSPS) is 16.8. The van der Waals surface area contributed by atoms with E-state index >= 15 is 0 Å². The molecular weight excluding hydrogens is 218 g/mol. The number of carbonyl (C=O) groups excluding carboxylic acids is 1. The van der Waals surface area contributed by atoms with Crippen LogP contribution < -0.4 is 10.1 Å². The Hall–Kier alpha value is -1.52. The fourth-order valence-electron chi connectivity index (χ4n) is 2.26. The van der Waals surface area contributed by atoms with Gasteiger partial charge in [-0.25, -0.2) is 4.68 Å². The van der Waals surface area contributed by atoms with Gasteiger partial charge in [0.05, 0.1) is 7.11 Å². The van der Waals surface area contributed by atoms with Crippen molar-refractivity contribution in [1.82, 2.24) is 15.1 Å². The maximum Gasteiger partial charge on any atom is 0.272 e. The Labute approximate surface area is 101 Å². The summed E-state index contributed by atoms with van der Waals surface area (Å²) >= 11 is 0. The van der Waals surface area contributed by atoms with Gasteiger partial charge in [-0.15, -0.1) is 0 Å². The van der Waals surface area contributed by atoms with E-state index in [1.54, 1.807) is 24.9 Å². The van der Waals surface area contributed by atoms with Crippen molar-refractivity contribution in [1.29, 1.82) is 0 Å². The molecule has 5 heteroatoms. The van der Waals surface area contributed by atoms with Gasteiger partial charge in [0.1, 0.15) is 0 Å². The average Bonchev–Trinajstić information content (AvgIpc) is 2.72. The van der Waals surface area contributed by atoms with Crippen molar-refractivity contribution in [3.8, 4) is 5.88 Å². The van der Waals surface area contributed by atoms with Crippen LogP contribution in [0.5, 0.6) is 5.88 Å². The predicted octanol–water partition coefficient (Wildman–Crippen LogP) is 1.49. The summed E-state index contributed by atoms with van der Waals surface area (Å²) in [4.78, 5) is 12.0. The molecule has 1 fully saturated rings. The fraction of sp³-hybridized carbons (Fsp3) is 0.667. The van der Waals surface area contributed by atoms with Gasteiger partial charge in [0.15, 0.2) is 5.69 Å². The van der Waals surface area contributed by atoms with Crippen molar-refractivity contribution in [2.24, 2.45) is 7.05 Å². The minimum absolute atomic E-state index is 0.101. The summed E-state index contributed by atoms with van der Waals surface area (Å²) in [7, 11) is 3.33. The van der Waals surface area contributed by atoms with Gasteiger partial charge in [0.25, 0.3) is 5.91 Å². The number of amides is 1. The van der Waals surface area contributed by atoms with Crippen molar-refractivity contribution in [2.45, 2.75) is 38.1 Å². The van der Waals surface area contributed by atoms with Gasteiger partial charge in [0.2, 0.25) is 5.88 Å². The lowest BCUT2D eigenvalue weighted by Crippen LogP contribution is -2.36. The Morgan fingerprint density at radius 2 is 2.18 bits per heavy atom. The van der Waals surface area contributed by atoms with Gasteiger partial charge in [-0.2, -0.15) is 5.10 Å². The van der Waals surface area contributed by atoms with Crippen molar-refractivity contribution in [2.75, 3.05) is 7.11 Å². The molecule has 0 saturated heterocycles. The molecule has 1 aliphatic rings. The summed E-state index contributed by atoms with van der Waals surface area (Å²) in [5.41, 5.74) is 0.426. The van der Waals surface area contributed by atoms with Crippen LogP contribution in [0.1, 0.15) is 42.6 Å². The molecule has 0 atom stereocenters. The number of nitrogens with one attached hydrogen (secondary N) is 1. The van der Waals surface area contributed by atoms with E-state index in [1.807, 2.05) is 0 Å². The van der Waals surface area contributed by atoms with Crippen molar-refractivity contribution >= 4 is 5.91 Å². The second kappa shape index (κ2) is 5.21. The van der Waals surface area contributed by atoms with Crippen LogP contribution in [0, 0.1) is 0 Å². The van der Waals surface area contributed by atoms with E-state index in [0.717, 1.165) is 12.8 Å². The maximum absolute atomic E-state index is 12.0. The van der Waals surface area contributed by atoms with E-state index < -0.39 is 0 Å². The Bertz CT molecular complexity index is 394. The summed E-state index contributed by atoms with van der Waals surface area (Å²) in [6, 6.07) is 1.97. The zero-order chi connectivity index (χ0) is 12.3. The first-order valence-corrected chi connectivity index (χ1v) is 6.09. The van der Waals surface area contributed by atoms with Gasteiger partial charge in [0, 0.05) is 19.2 Å². The van der Waals surface area contributed by atoms with E-state index in [0.29, 0.717) is 17.6 Å². The van der Waals surface area contributed by atoms with Crippen LogP contribution in [0.3, 0.4) is 0 Å². The number of aryl methyl sites for hydroxylation is 1. The number of carbonyl (C=O) groups is 1. The van der Waals surface area contributed by atoms with Crippen molar-refractivity contribution in [3.05, 3.63) is 11.8 Å². The summed E-state index contributed by atoms with van der Waals surface area (Å²) in [6.45, 7) is 0. The van der Waals surface area contributed by atoms with E-state index in [-0.39, 0.29) is 5.91 Å². The second-order valence-electron chi connectivity index (χ2n) is 4.50. The lowest BCUT2D eigenvalue weighted by molar-refractivity contribution is 0.0922. The summed E-state index contributed by atoms with van der Waals surface area (Å²) < 4.78 is 6.65. The number of methoxy groups -OCH3 is 1. The molecule has 5 nitrogen and oxygen atoms in total. The highest BCUT2D eigenvalue weighted by Gasteiger charge is 2.19. The zero-order valence-corrected chi connectivity index (χ0v) is 10.4. The first-order valence-electron chi connectivity index (χ1n) is 6.09. The molecule has 1 aromatic heterocycles. The molecule has 1 aliphatic carbocycles. The fourth-order valence-corrected chi connectivity index (χ4v) is 2.26. The molecule has 0 unspecified atom stereocenters. The monoisotopic (exact) mass is 237 g/mol. The quantitative estimate of drug-likeness (QED) is 0.866. The molecule has 94 valence electrons. The SMILES string of the molecule is COc1cc(C(=O)NC2CCCCC2)nn1C. The third-order valence-corrected chi connectivity index (χ3v) is 3.22. The lowest BCUT2D eigenvalue weighted by atomic mass is 9.95. The molecule has 2 rings (SSSR count). The second-order valence-corrected chi connectivity index (χ2v) is 4.50. The lowest BCUT2D eigenvalue weighted by Gasteiger charge is -2.22. The van der Waals surface area contributed by atoms with Crippen LogP contribution in [-0.4, -0.2) is 28.8 Å². The molecule has 1 heterocycles. The summed E-state index contributed by atoms with van der Waals surface area (Å²) in [5, 5.41) is 7.16. The Kier molecular flexibility index (Phi) is 3.66. The Morgan fingerprint density at radius 3 is 2.76 bits per heavy atom. The van der Waals surface area contributed by atoms with Crippen LogP contribution >= 0.6 is 0 Å². The summed E-state index contributed by atoms with van der Waals surface area (Å²) in [6.07, 6.45) is 5.85. The van der Waals surface area contributed by atoms with Crippen molar-refractivity contribution < 1.29 is 9.53 Å². The van der Waals surface area contributed by atoms with Gasteiger partial charge in [-0.1, -0.05) is 19.3 Å². The molecule has 1 N–H and O–H groups in total. The predicted molar refractivity (Wildman–Crippen MR) is 64.1 cm³/mol. The molecule has 0 aromatic carbocycles. The summed E-state index contributed by atoms with van der Waals surface area (Å²) in [5.74, 6) is 0.495. The third kappa shape index (κ3) is 2.78. The molecule has 17 heavy (non-hydrogen) atoms. The molecule has 1 amide bonds. The molecule has 0 aliphatic heterocycles. The highest BCUT2D eigenvalue weighted by molar-refractivity contribution is 5.92. The van der Waals surface area contributed by atoms with E-state index in [1.165, 1.54) is 19.3 Å².